The van der Waals surface area contributed by atoms with E-state index in [2.05, 4.69) is 4.90 Å². The van der Waals surface area contributed by atoms with E-state index in [0.717, 1.165) is 31.5 Å². The lowest BCUT2D eigenvalue weighted by molar-refractivity contribution is -0.139. The van der Waals surface area contributed by atoms with Gasteiger partial charge in [0.25, 0.3) is 0 Å². The van der Waals surface area contributed by atoms with E-state index in [-0.39, 0.29) is 0 Å². The van der Waals surface area contributed by atoms with Gasteiger partial charge in [0.15, 0.2) is 0 Å². The van der Waals surface area contributed by atoms with E-state index in [4.69, 9.17) is 0 Å². The molecule has 0 aliphatic carbocycles. The van der Waals surface area contributed by atoms with Crippen LogP contribution in [0.3, 0.4) is 0 Å². The predicted octanol–water partition coefficient (Wildman–Crippen LogP) is 2.09. The normalized spacial score (nSPS) is 25.9. The second kappa shape index (κ2) is 6.37. The standard InChI is InChI=1S/C16H23NO3/c1-16(20)8-5-10-17(11-9-16)12-14(15(18)19)13-6-3-2-4-7-13/h2-4,6-7,14,20H,5,8-12H2,1H3,(H,18,19). The molecule has 1 aromatic rings. The summed E-state index contributed by atoms with van der Waals surface area (Å²) >= 11 is 0. The summed E-state index contributed by atoms with van der Waals surface area (Å²) in [4.78, 5) is 13.7. The number of benzene rings is 1. The molecule has 0 aromatic heterocycles. The summed E-state index contributed by atoms with van der Waals surface area (Å²) in [6, 6.07) is 9.38. The quantitative estimate of drug-likeness (QED) is 0.884. The Hall–Kier alpha value is -1.39. The number of nitrogens with zero attached hydrogens (tertiary/aromatic N) is 1. The van der Waals surface area contributed by atoms with Crippen molar-refractivity contribution in [3.8, 4) is 0 Å². The molecule has 4 heteroatoms. The van der Waals surface area contributed by atoms with Crippen LogP contribution < -0.4 is 0 Å². The van der Waals surface area contributed by atoms with Crippen LogP contribution in [0.5, 0.6) is 0 Å². The maximum Gasteiger partial charge on any atom is 0.312 e. The number of aliphatic hydroxyl groups is 1. The van der Waals surface area contributed by atoms with Crippen LogP contribution in [0.4, 0.5) is 0 Å². The first-order valence-corrected chi connectivity index (χ1v) is 7.20. The second-order valence-corrected chi connectivity index (χ2v) is 5.95. The molecule has 0 radical (unpaired) electrons. The number of aliphatic carboxylic acids is 1. The molecule has 1 aliphatic rings. The summed E-state index contributed by atoms with van der Waals surface area (Å²) in [6.45, 7) is 3.98. The van der Waals surface area contributed by atoms with Crippen LogP contribution in [0, 0.1) is 0 Å². The van der Waals surface area contributed by atoms with E-state index in [9.17, 15) is 15.0 Å². The third kappa shape index (κ3) is 4.05. The van der Waals surface area contributed by atoms with Crippen molar-refractivity contribution in [1.29, 1.82) is 0 Å². The smallest absolute Gasteiger partial charge is 0.312 e. The van der Waals surface area contributed by atoms with Gasteiger partial charge >= 0.3 is 5.97 Å². The van der Waals surface area contributed by atoms with Gasteiger partial charge in [-0.2, -0.15) is 0 Å². The Bertz CT molecular complexity index is 444. The highest BCUT2D eigenvalue weighted by Crippen LogP contribution is 2.24. The van der Waals surface area contributed by atoms with Gasteiger partial charge in [0.2, 0.25) is 0 Å². The fourth-order valence-electron chi connectivity index (χ4n) is 2.77. The van der Waals surface area contributed by atoms with Crippen LogP contribution in [0.25, 0.3) is 0 Å². The average molecular weight is 277 g/mol. The SMILES string of the molecule is CC1(O)CCCN(CC(C(=O)O)c2ccccc2)CC1. The van der Waals surface area contributed by atoms with Crippen molar-refractivity contribution in [3.63, 3.8) is 0 Å². The Labute approximate surface area is 120 Å². The highest BCUT2D eigenvalue weighted by Gasteiger charge is 2.28. The van der Waals surface area contributed by atoms with Crippen LogP contribution in [0.1, 0.15) is 37.7 Å². The molecule has 2 N–H and O–H groups in total. The number of carboxylic acids is 1. The van der Waals surface area contributed by atoms with Gasteiger partial charge in [-0.15, -0.1) is 0 Å². The molecule has 20 heavy (non-hydrogen) atoms. The van der Waals surface area contributed by atoms with Gasteiger partial charge in [-0.25, -0.2) is 0 Å². The molecule has 1 fully saturated rings. The van der Waals surface area contributed by atoms with Crippen molar-refractivity contribution >= 4 is 5.97 Å². The van der Waals surface area contributed by atoms with E-state index < -0.39 is 17.5 Å². The van der Waals surface area contributed by atoms with Gasteiger partial charge in [-0.1, -0.05) is 30.3 Å². The molecule has 2 rings (SSSR count). The van der Waals surface area contributed by atoms with Crippen molar-refractivity contribution in [2.45, 2.75) is 37.7 Å². The molecule has 1 saturated heterocycles. The number of carbonyl (C=O) groups is 1. The van der Waals surface area contributed by atoms with Crippen LogP contribution in [0.15, 0.2) is 30.3 Å². The first-order valence-electron chi connectivity index (χ1n) is 7.20. The van der Waals surface area contributed by atoms with Crippen molar-refractivity contribution in [3.05, 3.63) is 35.9 Å². The lowest BCUT2D eigenvalue weighted by Crippen LogP contribution is -2.34. The summed E-state index contributed by atoms with van der Waals surface area (Å²) in [5.41, 5.74) is 0.233. The summed E-state index contributed by atoms with van der Waals surface area (Å²) in [5, 5.41) is 19.5. The lowest BCUT2D eigenvalue weighted by atomic mass is 9.97. The topological polar surface area (TPSA) is 60.8 Å². The minimum Gasteiger partial charge on any atom is -0.481 e. The molecule has 0 amide bonds. The number of likely N-dealkylation sites (tertiary alicyclic amines) is 1. The van der Waals surface area contributed by atoms with Crippen LogP contribution in [-0.2, 0) is 4.79 Å². The monoisotopic (exact) mass is 277 g/mol. The van der Waals surface area contributed by atoms with E-state index in [0.29, 0.717) is 13.0 Å². The van der Waals surface area contributed by atoms with Crippen LogP contribution in [-0.4, -0.2) is 46.3 Å². The summed E-state index contributed by atoms with van der Waals surface area (Å²) in [5.74, 6) is -1.29. The Morgan fingerprint density at radius 3 is 2.65 bits per heavy atom. The Balaban J connectivity index is 2.04. The van der Waals surface area contributed by atoms with Crippen molar-refractivity contribution in [2.75, 3.05) is 19.6 Å². The van der Waals surface area contributed by atoms with Gasteiger partial charge in [0, 0.05) is 13.1 Å². The van der Waals surface area contributed by atoms with Gasteiger partial charge in [-0.3, -0.25) is 4.79 Å². The van der Waals surface area contributed by atoms with Gasteiger partial charge in [-0.05, 0) is 38.3 Å². The molecule has 1 aromatic carbocycles. The first kappa shape index (κ1) is 15.0. The molecule has 0 bridgehead atoms. The largest absolute Gasteiger partial charge is 0.481 e. The fraction of sp³-hybridized carbons (Fsp3) is 0.562. The summed E-state index contributed by atoms with van der Waals surface area (Å²) in [7, 11) is 0. The third-order valence-electron chi connectivity index (χ3n) is 4.10. The molecule has 1 aliphatic heterocycles. The Morgan fingerprint density at radius 1 is 1.30 bits per heavy atom. The number of hydrogen-bond donors (Lipinski definition) is 2. The van der Waals surface area contributed by atoms with Crippen LogP contribution in [0.2, 0.25) is 0 Å². The molecule has 0 saturated carbocycles. The number of hydrogen-bond acceptors (Lipinski definition) is 3. The molecule has 2 unspecified atom stereocenters. The van der Waals surface area contributed by atoms with Gasteiger partial charge in [0.1, 0.15) is 0 Å². The van der Waals surface area contributed by atoms with E-state index in [1.54, 1.807) is 0 Å². The van der Waals surface area contributed by atoms with Crippen molar-refractivity contribution < 1.29 is 15.0 Å². The van der Waals surface area contributed by atoms with E-state index in [1.807, 2.05) is 37.3 Å². The zero-order valence-corrected chi connectivity index (χ0v) is 12.0. The number of rotatable bonds is 4. The highest BCUT2D eigenvalue weighted by molar-refractivity contribution is 5.76. The van der Waals surface area contributed by atoms with E-state index in [1.165, 1.54) is 0 Å². The van der Waals surface area contributed by atoms with E-state index >= 15 is 0 Å². The molecule has 0 spiro atoms. The minimum absolute atomic E-state index is 0.501. The molecule has 110 valence electrons. The first-order chi connectivity index (χ1) is 9.48. The molecule has 4 nitrogen and oxygen atoms in total. The highest BCUT2D eigenvalue weighted by atomic mass is 16.4. The third-order valence-corrected chi connectivity index (χ3v) is 4.10. The summed E-state index contributed by atoms with van der Waals surface area (Å²) in [6.07, 6.45) is 2.40. The molecule has 1 heterocycles. The maximum absolute atomic E-state index is 11.5. The number of carboxylic acid groups (broad SMARTS) is 1. The van der Waals surface area contributed by atoms with Crippen molar-refractivity contribution in [2.24, 2.45) is 0 Å². The maximum atomic E-state index is 11.5. The zero-order chi connectivity index (χ0) is 14.6. The van der Waals surface area contributed by atoms with Crippen molar-refractivity contribution in [1.82, 2.24) is 4.90 Å². The average Bonchev–Trinajstić information content (AvgIpc) is 2.58. The molecule has 2 atom stereocenters. The molecular formula is C16H23NO3. The van der Waals surface area contributed by atoms with Crippen LogP contribution >= 0.6 is 0 Å². The Kier molecular flexibility index (Phi) is 4.78. The van der Waals surface area contributed by atoms with Gasteiger partial charge in [0.05, 0.1) is 11.5 Å². The van der Waals surface area contributed by atoms with Gasteiger partial charge < -0.3 is 15.1 Å². The summed E-state index contributed by atoms with van der Waals surface area (Å²) < 4.78 is 0. The zero-order valence-electron chi connectivity index (χ0n) is 12.0. The Morgan fingerprint density at radius 2 is 2.00 bits per heavy atom. The lowest BCUT2D eigenvalue weighted by Gasteiger charge is -2.25. The second-order valence-electron chi connectivity index (χ2n) is 5.95. The minimum atomic E-state index is -0.785. The molecular weight excluding hydrogens is 254 g/mol. The predicted molar refractivity (Wildman–Crippen MR) is 77.7 cm³/mol. The fourth-order valence-corrected chi connectivity index (χ4v) is 2.77.